The Labute approximate surface area is 138 Å². The number of nitrogens with one attached hydrogen (secondary N) is 1. The van der Waals surface area contributed by atoms with Gasteiger partial charge in [-0.25, -0.2) is 18.4 Å². The molecule has 1 heterocycles. The zero-order chi connectivity index (χ0) is 15.7. The molecule has 1 saturated carbocycles. The van der Waals surface area contributed by atoms with Crippen molar-refractivity contribution in [3.8, 4) is 0 Å². The average Bonchev–Trinajstić information content (AvgIpc) is 2.47. The lowest BCUT2D eigenvalue weighted by Gasteiger charge is -2.29. The Hall–Kier alpha value is -1.21. The molecule has 0 amide bonds. The highest BCUT2D eigenvalue weighted by Crippen LogP contribution is 2.29. The van der Waals surface area contributed by atoms with Crippen LogP contribution >= 0.6 is 15.9 Å². The molecule has 7 heteroatoms. The summed E-state index contributed by atoms with van der Waals surface area (Å²) in [5.41, 5.74) is 0.871. The van der Waals surface area contributed by atoms with Crippen LogP contribution < -0.4 is 5.32 Å². The molecule has 118 valence electrons. The second-order valence-corrected chi connectivity index (χ2v) is 9.08. The van der Waals surface area contributed by atoms with Gasteiger partial charge in [0, 0.05) is 22.2 Å². The SMILES string of the molecule is CS(=O)(=O)C1CCCC(Nc2ncnc3ccc(Br)cc23)C1. The van der Waals surface area contributed by atoms with Gasteiger partial charge in [0.05, 0.1) is 10.8 Å². The number of hydrogen-bond donors (Lipinski definition) is 1. The summed E-state index contributed by atoms with van der Waals surface area (Å²) < 4.78 is 24.5. The zero-order valence-electron chi connectivity index (χ0n) is 12.3. The molecule has 1 aromatic carbocycles. The largest absolute Gasteiger partial charge is 0.367 e. The molecule has 0 bridgehead atoms. The lowest BCUT2D eigenvalue weighted by molar-refractivity contribution is 0.452. The Bertz CT molecular complexity index is 794. The van der Waals surface area contributed by atoms with Gasteiger partial charge in [-0.15, -0.1) is 0 Å². The maximum atomic E-state index is 11.8. The second kappa shape index (κ2) is 6.12. The van der Waals surface area contributed by atoms with E-state index >= 15 is 0 Å². The quantitative estimate of drug-likeness (QED) is 0.880. The van der Waals surface area contributed by atoms with E-state index in [4.69, 9.17) is 0 Å². The Morgan fingerprint density at radius 1 is 1.27 bits per heavy atom. The van der Waals surface area contributed by atoms with Gasteiger partial charge in [-0.2, -0.15) is 0 Å². The first-order valence-electron chi connectivity index (χ1n) is 7.29. The lowest BCUT2D eigenvalue weighted by Crippen LogP contribution is -2.34. The van der Waals surface area contributed by atoms with Crippen molar-refractivity contribution in [2.24, 2.45) is 0 Å². The van der Waals surface area contributed by atoms with Crippen LogP contribution in [0.25, 0.3) is 10.9 Å². The maximum Gasteiger partial charge on any atom is 0.150 e. The lowest BCUT2D eigenvalue weighted by atomic mass is 9.95. The Morgan fingerprint density at radius 2 is 2.09 bits per heavy atom. The van der Waals surface area contributed by atoms with E-state index < -0.39 is 9.84 Å². The van der Waals surface area contributed by atoms with E-state index in [1.54, 1.807) is 0 Å². The fourth-order valence-corrected chi connectivity index (χ4v) is 4.54. The molecular formula is C15H18BrN3O2S. The first-order chi connectivity index (χ1) is 10.4. The molecule has 1 aliphatic rings. The minimum atomic E-state index is -2.98. The number of aromatic nitrogens is 2. The molecule has 0 spiro atoms. The summed E-state index contributed by atoms with van der Waals surface area (Å²) in [5, 5.41) is 4.11. The summed E-state index contributed by atoms with van der Waals surface area (Å²) in [5.74, 6) is 0.769. The van der Waals surface area contributed by atoms with Crippen LogP contribution in [0.3, 0.4) is 0 Å². The highest BCUT2D eigenvalue weighted by atomic mass is 79.9. The van der Waals surface area contributed by atoms with Gasteiger partial charge in [-0.05, 0) is 37.5 Å². The maximum absolute atomic E-state index is 11.8. The summed E-state index contributed by atoms with van der Waals surface area (Å²) in [6.07, 6.45) is 6.14. The third-order valence-corrected chi connectivity index (χ3v) is 6.30. The third kappa shape index (κ3) is 3.41. The zero-order valence-corrected chi connectivity index (χ0v) is 14.7. The van der Waals surface area contributed by atoms with Crippen LogP contribution in [0.1, 0.15) is 25.7 Å². The van der Waals surface area contributed by atoms with Crippen LogP contribution in [0.2, 0.25) is 0 Å². The molecule has 22 heavy (non-hydrogen) atoms. The smallest absolute Gasteiger partial charge is 0.150 e. The Balaban J connectivity index is 1.85. The minimum absolute atomic E-state index is 0.130. The molecule has 5 nitrogen and oxygen atoms in total. The summed E-state index contributed by atoms with van der Waals surface area (Å²) in [4.78, 5) is 8.60. The highest BCUT2D eigenvalue weighted by Gasteiger charge is 2.29. The number of anilines is 1. The summed E-state index contributed by atoms with van der Waals surface area (Å²) in [7, 11) is -2.98. The van der Waals surface area contributed by atoms with Crippen LogP contribution in [-0.4, -0.2) is 35.9 Å². The molecule has 2 atom stereocenters. The second-order valence-electron chi connectivity index (χ2n) is 5.84. The fraction of sp³-hybridized carbons (Fsp3) is 0.467. The topological polar surface area (TPSA) is 72.0 Å². The van der Waals surface area contributed by atoms with Crippen molar-refractivity contribution < 1.29 is 8.42 Å². The molecule has 2 aromatic rings. The molecule has 1 N–H and O–H groups in total. The van der Waals surface area contributed by atoms with Crippen molar-refractivity contribution in [2.45, 2.75) is 37.0 Å². The van der Waals surface area contributed by atoms with Crippen LogP contribution in [0.15, 0.2) is 29.0 Å². The first-order valence-corrected chi connectivity index (χ1v) is 10.0. The monoisotopic (exact) mass is 383 g/mol. The summed E-state index contributed by atoms with van der Waals surface area (Å²) in [6.45, 7) is 0. The molecule has 0 aliphatic heterocycles. The van der Waals surface area contributed by atoms with Gasteiger partial charge < -0.3 is 5.32 Å². The van der Waals surface area contributed by atoms with Gasteiger partial charge in [0.15, 0.2) is 0 Å². The van der Waals surface area contributed by atoms with Crippen molar-refractivity contribution in [3.63, 3.8) is 0 Å². The van der Waals surface area contributed by atoms with Crippen molar-refractivity contribution in [1.82, 2.24) is 9.97 Å². The number of hydrogen-bond acceptors (Lipinski definition) is 5. The van der Waals surface area contributed by atoms with E-state index in [1.165, 1.54) is 12.6 Å². The van der Waals surface area contributed by atoms with Crippen LogP contribution in [0.5, 0.6) is 0 Å². The number of benzene rings is 1. The van der Waals surface area contributed by atoms with Gasteiger partial charge in [0.25, 0.3) is 0 Å². The molecule has 0 saturated heterocycles. The van der Waals surface area contributed by atoms with Crippen molar-refractivity contribution in [3.05, 3.63) is 29.0 Å². The van der Waals surface area contributed by atoms with Gasteiger partial charge in [-0.3, -0.25) is 0 Å². The van der Waals surface area contributed by atoms with Gasteiger partial charge in [-0.1, -0.05) is 22.4 Å². The van der Waals surface area contributed by atoms with E-state index in [0.717, 1.165) is 40.5 Å². The van der Waals surface area contributed by atoms with E-state index in [1.807, 2.05) is 18.2 Å². The normalized spacial score (nSPS) is 22.6. The van der Waals surface area contributed by atoms with Gasteiger partial charge >= 0.3 is 0 Å². The summed E-state index contributed by atoms with van der Waals surface area (Å²) >= 11 is 3.46. The van der Waals surface area contributed by atoms with Gasteiger partial charge in [0.2, 0.25) is 0 Å². The van der Waals surface area contributed by atoms with Crippen molar-refractivity contribution in [2.75, 3.05) is 11.6 Å². The highest BCUT2D eigenvalue weighted by molar-refractivity contribution is 9.10. The average molecular weight is 384 g/mol. The standard InChI is InChI=1S/C15H18BrN3O2S/c1-22(20,21)12-4-2-3-11(8-12)19-15-13-7-10(16)5-6-14(13)17-9-18-15/h5-7,9,11-12H,2-4,8H2,1H3,(H,17,18,19). The summed E-state index contributed by atoms with van der Waals surface area (Å²) in [6, 6.07) is 5.99. The van der Waals surface area contributed by atoms with Crippen LogP contribution in [0.4, 0.5) is 5.82 Å². The number of halogens is 1. The number of rotatable bonds is 3. The number of sulfone groups is 1. The molecule has 1 aromatic heterocycles. The van der Waals surface area contributed by atoms with Crippen LogP contribution in [-0.2, 0) is 9.84 Å². The first kappa shape index (κ1) is 15.7. The molecule has 3 rings (SSSR count). The van der Waals surface area contributed by atoms with E-state index in [2.05, 4.69) is 31.2 Å². The van der Waals surface area contributed by atoms with E-state index in [-0.39, 0.29) is 11.3 Å². The minimum Gasteiger partial charge on any atom is -0.367 e. The fourth-order valence-electron chi connectivity index (χ4n) is 3.00. The van der Waals surface area contributed by atoms with Gasteiger partial charge in [0.1, 0.15) is 22.0 Å². The third-order valence-electron chi connectivity index (χ3n) is 4.17. The van der Waals surface area contributed by atoms with E-state index in [0.29, 0.717) is 6.42 Å². The molecule has 1 aliphatic carbocycles. The molecule has 1 fully saturated rings. The molecular weight excluding hydrogens is 366 g/mol. The van der Waals surface area contributed by atoms with Crippen molar-refractivity contribution in [1.29, 1.82) is 0 Å². The number of fused-ring (bicyclic) bond motifs is 1. The molecule has 0 radical (unpaired) electrons. The van der Waals surface area contributed by atoms with Crippen molar-refractivity contribution >= 4 is 42.5 Å². The van der Waals surface area contributed by atoms with E-state index in [9.17, 15) is 8.42 Å². The molecule has 2 unspecified atom stereocenters. The van der Waals surface area contributed by atoms with Crippen LogP contribution in [0, 0.1) is 0 Å². The predicted octanol–water partition coefficient (Wildman–Crippen LogP) is 3.16. The Kier molecular flexibility index (Phi) is 4.36. The number of nitrogens with zero attached hydrogens (tertiary/aromatic N) is 2. The Morgan fingerprint density at radius 3 is 2.86 bits per heavy atom. The predicted molar refractivity (Wildman–Crippen MR) is 91.7 cm³/mol.